The molecular weight excluding hydrogens is 150 g/mol. The number of hydroxylamine groups is 3. The van der Waals surface area contributed by atoms with Crippen LogP contribution in [0.25, 0.3) is 0 Å². The summed E-state index contributed by atoms with van der Waals surface area (Å²) in [6, 6.07) is 0. The predicted octanol–water partition coefficient (Wildman–Crippen LogP) is 2.81. The summed E-state index contributed by atoms with van der Waals surface area (Å²) in [5, 5.41) is 10.3. The van der Waals surface area contributed by atoms with Crippen molar-refractivity contribution in [2.45, 2.75) is 53.0 Å². The molecule has 0 atom stereocenters. The maximum absolute atomic E-state index is 10.3. The van der Waals surface area contributed by atoms with Crippen LogP contribution in [0.5, 0.6) is 0 Å². The summed E-state index contributed by atoms with van der Waals surface area (Å²) in [5.74, 6) is 0. The Balaban J connectivity index is 4.38. The first-order chi connectivity index (χ1) is 5.37. The summed E-state index contributed by atoms with van der Waals surface area (Å²) in [4.78, 5) is 0. The zero-order chi connectivity index (χ0) is 9.83. The lowest BCUT2D eigenvalue weighted by Crippen LogP contribution is -2.58. The summed E-state index contributed by atoms with van der Waals surface area (Å²) in [6.07, 6.45) is 2.07. The first-order valence-electron chi connectivity index (χ1n) is 4.97. The zero-order valence-corrected chi connectivity index (χ0v) is 9.22. The zero-order valence-electron chi connectivity index (χ0n) is 9.22. The minimum absolute atomic E-state index is 0.0496. The average molecular weight is 174 g/mol. The van der Waals surface area contributed by atoms with Gasteiger partial charge in [-0.25, -0.2) is 5.21 Å². The molecule has 0 aromatic heterocycles. The maximum Gasteiger partial charge on any atom is 0.120 e. The van der Waals surface area contributed by atoms with E-state index in [1.165, 1.54) is 0 Å². The van der Waals surface area contributed by atoms with E-state index in [1.807, 2.05) is 0 Å². The van der Waals surface area contributed by atoms with Gasteiger partial charge in [0.25, 0.3) is 0 Å². The van der Waals surface area contributed by atoms with Crippen LogP contribution < -0.4 is 0 Å². The molecule has 0 rings (SSSR count). The van der Waals surface area contributed by atoms with Crippen molar-refractivity contribution in [3.05, 3.63) is 0 Å². The van der Waals surface area contributed by atoms with Gasteiger partial charge in [-0.05, 0) is 33.6 Å². The molecule has 0 saturated carbocycles. The lowest BCUT2D eigenvalue weighted by molar-refractivity contribution is -1.13. The van der Waals surface area contributed by atoms with Gasteiger partial charge in [0.2, 0.25) is 0 Å². The van der Waals surface area contributed by atoms with Crippen LogP contribution in [0.3, 0.4) is 0 Å². The Morgan fingerprint density at radius 1 is 1.00 bits per heavy atom. The molecule has 0 aromatic rings. The Kier molecular flexibility index (Phi) is 4.21. The van der Waals surface area contributed by atoms with Gasteiger partial charge in [-0.15, -0.1) is 0 Å². The molecule has 2 nitrogen and oxygen atoms in total. The van der Waals surface area contributed by atoms with Crippen molar-refractivity contribution >= 4 is 0 Å². The summed E-state index contributed by atoms with van der Waals surface area (Å²) in [7, 11) is 0. The van der Waals surface area contributed by atoms with Gasteiger partial charge in [0.05, 0.1) is 0 Å². The van der Waals surface area contributed by atoms with Crippen LogP contribution in [-0.2, 0) is 0 Å². The Bertz CT molecular complexity index is 120. The van der Waals surface area contributed by atoms with Crippen LogP contribution in [0.2, 0.25) is 0 Å². The number of rotatable bonds is 4. The Morgan fingerprint density at radius 2 is 1.33 bits per heavy atom. The second-order valence-electron chi connectivity index (χ2n) is 4.54. The molecule has 0 heterocycles. The molecule has 0 bridgehead atoms. The highest BCUT2D eigenvalue weighted by Gasteiger charge is 2.37. The van der Waals surface area contributed by atoms with E-state index >= 15 is 0 Å². The highest BCUT2D eigenvalue weighted by molar-refractivity contribution is 4.59. The van der Waals surface area contributed by atoms with Crippen LogP contribution in [-0.4, -0.2) is 28.5 Å². The smallest absolute Gasteiger partial charge is 0.120 e. The second-order valence-corrected chi connectivity index (χ2v) is 4.54. The Hall–Kier alpha value is -0.0800. The van der Waals surface area contributed by atoms with Crippen LogP contribution in [0.1, 0.15) is 47.5 Å². The SMILES string of the molecule is CCC[N+](O)(CCC)C(C)(C)C. The molecule has 0 aliphatic rings. The molecule has 0 radical (unpaired) electrons. The van der Waals surface area contributed by atoms with Gasteiger partial charge in [-0.1, -0.05) is 13.8 Å². The maximum atomic E-state index is 10.3. The average Bonchev–Trinajstić information content (AvgIpc) is 1.86. The number of hydrogen-bond donors (Lipinski definition) is 1. The lowest BCUT2D eigenvalue weighted by Gasteiger charge is -2.41. The third-order valence-electron chi connectivity index (χ3n) is 2.44. The van der Waals surface area contributed by atoms with Gasteiger partial charge >= 0.3 is 0 Å². The van der Waals surface area contributed by atoms with Gasteiger partial charge in [-0.2, -0.15) is 4.65 Å². The van der Waals surface area contributed by atoms with Crippen LogP contribution in [0.4, 0.5) is 0 Å². The summed E-state index contributed by atoms with van der Waals surface area (Å²) < 4.78 is 0.208. The number of hydrogen-bond acceptors (Lipinski definition) is 1. The van der Waals surface area contributed by atoms with Crippen molar-refractivity contribution in [3.63, 3.8) is 0 Å². The molecule has 0 aromatic carbocycles. The first kappa shape index (κ1) is 11.9. The molecule has 0 amide bonds. The third kappa shape index (κ3) is 2.76. The monoisotopic (exact) mass is 174 g/mol. The molecule has 74 valence electrons. The number of nitrogens with zero attached hydrogens (tertiary/aromatic N) is 1. The second kappa shape index (κ2) is 4.24. The third-order valence-corrected chi connectivity index (χ3v) is 2.44. The summed E-state index contributed by atoms with van der Waals surface area (Å²) >= 11 is 0. The molecule has 0 aliphatic heterocycles. The van der Waals surface area contributed by atoms with Crippen LogP contribution in [0.15, 0.2) is 0 Å². The van der Waals surface area contributed by atoms with E-state index in [-0.39, 0.29) is 10.2 Å². The van der Waals surface area contributed by atoms with Crippen molar-refractivity contribution in [3.8, 4) is 0 Å². The van der Waals surface area contributed by atoms with Gasteiger partial charge in [0.1, 0.15) is 18.6 Å². The molecule has 12 heavy (non-hydrogen) atoms. The molecule has 0 saturated heterocycles. The van der Waals surface area contributed by atoms with Crippen LogP contribution >= 0.6 is 0 Å². The van der Waals surface area contributed by atoms with E-state index in [9.17, 15) is 5.21 Å². The minimum atomic E-state index is -0.0496. The summed E-state index contributed by atoms with van der Waals surface area (Å²) in [6.45, 7) is 12.2. The molecular formula is C10H24NO+. The molecule has 0 spiro atoms. The van der Waals surface area contributed by atoms with Gasteiger partial charge < -0.3 is 0 Å². The minimum Gasteiger partial charge on any atom is -0.217 e. The summed E-state index contributed by atoms with van der Waals surface area (Å²) in [5.41, 5.74) is -0.0496. The van der Waals surface area contributed by atoms with E-state index in [1.54, 1.807) is 0 Å². The van der Waals surface area contributed by atoms with Gasteiger partial charge in [0, 0.05) is 0 Å². The van der Waals surface area contributed by atoms with E-state index in [0.29, 0.717) is 0 Å². The standard InChI is InChI=1S/C10H24NO/c1-6-8-11(12,9-7-2)10(3,4)5/h12H,6-9H2,1-5H3/q+1. The van der Waals surface area contributed by atoms with Crippen molar-refractivity contribution in [2.24, 2.45) is 0 Å². The predicted molar refractivity (Wildman–Crippen MR) is 52.1 cm³/mol. The highest BCUT2D eigenvalue weighted by Crippen LogP contribution is 2.22. The highest BCUT2D eigenvalue weighted by atomic mass is 16.5. The molecule has 0 unspecified atom stereocenters. The normalized spacial score (nSPS) is 13.5. The largest absolute Gasteiger partial charge is 0.217 e. The van der Waals surface area contributed by atoms with Crippen molar-refractivity contribution in [1.29, 1.82) is 0 Å². The molecule has 1 N–H and O–H groups in total. The van der Waals surface area contributed by atoms with E-state index in [2.05, 4.69) is 34.6 Å². The number of quaternary nitrogens is 1. The van der Waals surface area contributed by atoms with Gasteiger partial charge in [-0.3, -0.25) is 0 Å². The van der Waals surface area contributed by atoms with Crippen molar-refractivity contribution in [2.75, 3.05) is 13.1 Å². The molecule has 0 aliphatic carbocycles. The molecule has 2 heteroatoms. The van der Waals surface area contributed by atoms with E-state index in [4.69, 9.17) is 0 Å². The van der Waals surface area contributed by atoms with E-state index in [0.717, 1.165) is 25.9 Å². The van der Waals surface area contributed by atoms with Gasteiger partial charge in [0.15, 0.2) is 0 Å². The lowest BCUT2D eigenvalue weighted by atomic mass is 10.0. The van der Waals surface area contributed by atoms with E-state index < -0.39 is 0 Å². The fourth-order valence-corrected chi connectivity index (χ4v) is 1.52. The Morgan fingerprint density at radius 3 is 1.50 bits per heavy atom. The topological polar surface area (TPSA) is 20.2 Å². The quantitative estimate of drug-likeness (QED) is 0.513. The fourth-order valence-electron chi connectivity index (χ4n) is 1.52. The van der Waals surface area contributed by atoms with Crippen molar-refractivity contribution < 1.29 is 9.85 Å². The Labute approximate surface area is 76.7 Å². The first-order valence-corrected chi connectivity index (χ1v) is 4.97. The fraction of sp³-hybridized carbons (Fsp3) is 1.00. The van der Waals surface area contributed by atoms with Crippen molar-refractivity contribution in [1.82, 2.24) is 0 Å². The molecule has 0 fully saturated rings. The van der Waals surface area contributed by atoms with Crippen LogP contribution in [0, 0.1) is 0 Å².